The molecule has 0 saturated heterocycles. The lowest BCUT2D eigenvalue weighted by Crippen LogP contribution is -2.52. The van der Waals surface area contributed by atoms with Crippen LogP contribution >= 0.6 is 0 Å². The second-order valence-corrected chi connectivity index (χ2v) is 10.3. The number of hydrogen-bond donors (Lipinski definition) is 1. The van der Waals surface area contributed by atoms with E-state index in [1.807, 2.05) is 24.1 Å². The van der Waals surface area contributed by atoms with Crippen LogP contribution in [0.5, 0.6) is 0 Å². The molecule has 0 bridgehead atoms. The van der Waals surface area contributed by atoms with Crippen molar-refractivity contribution >= 4 is 32.7 Å². The number of rotatable bonds is 5. The van der Waals surface area contributed by atoms with Gasteiger partial charge in [0.25, 0.3) is 5.91 Å². The molecule has 1 aliphatic carbocycles. The van der Waals surface area contributed by atoms with Crippen LogP contribution in [0, 0.1) is 5.92 Å². The zero-order valence-electron chi connectivity index (χ0n) is 17.3. The number of aromatic amines is 1. The molecule has 9 heteroatoms. The van der Waals surface area contributed by atoms with Crippen LogP contribution in [0.4, 0.5) is 5.69 Å². The smallest absolute Gasteiger partial charge is 0.258 e. The summed E-state index contributed by atoms with van der Waals surface area (Å²) in [6.45, 7) is 3.83. The maximum absolute atomic E-state index is 12.9. The van der Waals surface area contributed by atoms with Gasteiger partial charge in [-0.2, -0.15) is 0 Å². The molecule has 2 aromatic rings. The minimum atomic E-state index is -3.14. The van der Waals surface area contributed by atoms with Crippen molar-refractivity contribution in [3.8, 4) is 0 Å². The van der Waals surface area contributed by atoms with Gasteiger partial charge in [-0.3, -0.25) is 4.79 Å². The van der Waals surface area contributed by atoms with Crippen molar-refractivity contribution in [3.63, 3.8) is 0 Å². The van der Waals surface area contributed by atoms with E-state index < -0.39 is 10.0 Å². The minimum Gasteiger partial charge on any atom is -0.349 e. The number of anilines is 1. The average molecular weight is 420 g/mol. The Morgan fingerprint density at radius 2 is 2.00 bits per heavy atom. The number of amides is 1. The quantitative estimate of drug-likeness (QED) is 0.803. The normalized spacial score (nSPS) is 23.1. The average Bonchev–Trinajstić information content (AvgIpc) is 3.17. The molecule has 158 valence electrons. The van der Waals surface area contributed by atoms with Gasteiger partial charge in [0.2, 0.25) is 10.0 Å². The van der Waals surface area contributed by atoms with Crippen molar-refractivity contribution in [2.75, 3.05) is 38.0 Å². The lowest BCUT2D eigenvalue weighted by Gasteiger charge is -2.44. The van der Waals surface area contributed by atoms with E-state index in [2.05, 4.69) is 14.9 Å². The summed E-state index contributed by atoms with van der Waals surface area (Å²) in [6, 6.07) is 2.33. The first-order valence-electron chi connectivity index (χ1n) is 10.2. The van der Waals surface area contributed by atoms with E-state index in [9.17, 15) is 13.2 Å². The van der Waals surface area contributed by atoms with Gasteiger partial charge >= 0.3 is 0 Å². The van der Waals surface area contributed by atoms with Crippen molar-refractivity contribution < 1.29 is 13.2 Å². The number of sulfonamides is 1. The summed E-state index contributed by atoms with van der Waals surface area (Å²) in [5.41, 5.74) is 2.46. The first kappa shape index (κ1) is 20.2. The molecule has 0 atom stereocenters. The van der Waals surface area contributed by atoms with E-state index in [0.717, 1.165) is 42.4 Å². The first-order chi connectivity index (χ1) is 13.8. The molecule has 2 aliphatic rings. The summed E-state index contributed by atoms with van der Waals surface area (Å²) in [5, 5.41) is 0.991. The van der Waals surface area contributed by atoms with Gasteiger partial charge in [0.15, 0.2) is 0 Å². The highest BCUT2D eigenvalue weighted by Crippen LogP contribution is 2.39. The van der Waals surface area contributed by atoms with Crippen molar-refractivity contribution in [1.29, 1.82) is 0 Å². The van der Waals surface area contributed by atoms with Gasteiger partial charge in [-0.1, -0.05) is 0 Å². The standard InChI is InChI=1S/C20H29N5O3S/c1-4-24-13-25(15-7-5-14(6-8-15)12-23(2)29(3,27)28)18-16-9-10-21-19(16)22-11-17(18)20(24)26/h9-11,14-15H,4-8,12-13H2,1-3H3,(H,21,22). The highest BCUT2D eigenvalue weighted by atomic mass is 32.2. The molecular formula is C20H29N5O3S. The van der Waals surface area contributed by atoms with E-state index in [1.54, 1.807) is 13.2 Å². The van der Waals surface area contributed by atoms with Crippen LogP contribution in [0.2, 0.25) is 0 Å². The Morgan fingerprint density at radius 1 is 1.28 bits per heavy atom. The fourth-order valence-corrected chi connectivity index (χ4v) is 5.11. The number of pyridine rings is 1. The summed E-state index contributed by atoms with van der Waals surface area (Å²) in [7, 11) is -1.49. The molecule has 0 aromatic carbocycles. The predicted octanol–water partition coefficient (Wildman–Crippen LogP) is 2.25. The van der Waals surface area contributed by atoms with Crippen LogP contribution in [0.3, 0.4) is 0 Å². The third-order valence-electron chi connectivity index (χ3n) is 6.41. The Bertz CT molecular complexity index is 1010. The number of H-pyrrole nitrogens is 1. The minimum absolute atomic E-state index is 0.0396. The second-order valence-electron chi connectivity index (χ2n) is 8.25. The largest absolute Gasteiger partial charge is 0.349 e. The molecule has 29 heavy (non-hydrogen) atoms. The zero-order valence-corrected chi connectivity index (χ0v) is 18.1. The monoisotopic (exact) mass is 419 g/mol. The van der Waals surface area contributed by atoms with Crippen molar-refractivity contribution in [1.82, 2.24) is 19.2 Å². The fraction of sp³-hybridized carbons (Fsp3) is 0.600. The molecule has 1 aliphatic heterocycles. The van der Waals surface area contributed by atoms with E-state index in [4.69, 9.17) is 0 Å². The van der Waals surface area contributed by atoms with Gasteiger partial charge in [-0.25, -0.2) is 17.7 Å². The van der Waals surface area contributed by atoms with Gasteiger partial charge < -0.3 is 14.8 Å². The van der Waals surface area contributed by atoms with Crippen LogP contribution in [0.1, 0.15) is 43.0 Å². The molecule has 0 spiro atoms. The summed E-state index contributed by atoms with van der Waals surface area (Å²) < 4.78 is 24.9. The molecule has 1 fully saturated rings. The molecule has 3 heterocycles. The van der Waals surface area contributed by atoms with Gasteiger partial charge in [-0.05, 0) is 44.6 Å². The summed E-state index contributed by atoms with van der Waals surface area (Å²) in [6.07, 6.45) is 8.76. The van der Waals surface area contributed by atoms with Crippen molar-refractivity contribution in [3.05, 3.63) is 24.0 Å². The number of hydrogen-bond acceptors (Lipinski definition) is 5. The highest BCUT2D eigenvalue weighted by Gasteiger charge is 2.36. The molecule has 2 aromatic heterocycles. The Balaban J connectivity index is 1.57. The van der Waals surface area contributed by atoms with Crippen LogP contribution in [0.25, 0.3) is 11.0 Å². The summed E-state index contributed by atoms with van der Waals surface area (Å²) >= 11 is 0. The lowest BCUT2D eigenvalue weighted by molar-refractivity contribution is 0.0741. The van der Waals surface area contributed by atoms with Crippen LogP contribution < -0.4 is 4.90 Å². The Hall–Kier alpha value is -2.13. The van der Waals surface area contributed by atoms with Gasteiger partial charge in [0, 0.05) is 44.0 Å². The molecule has 1 saturated carbocycles. The first-order valence-corrected chi connectivity index (χ1v) is 12.1. The summed E-state index contributed by atoms with van der Waals surface area (Å²) in [4.78, 5) is 24.7. The van der Waals surface area contributed by atoms with E-state index in [1.165, 1.54) is 10.6 Å². The Labute approximate surface area is 171 Å². The number of nitrogens with one attached hydrogen (secondary N) is 1. The maximum Gasteiger partial charge on any atom is 0.258 e. The number of carbonyl (C=O) groups is 1. The van der Waals surface area contributed by atoms with E-state index >= 15 is 0 Å². The summed E-state index contributed by atoms with van der Waals surface area (Å²) in [5.74, 6) is 0.418. The molecule has 0 unspecified atom stereocenters. The van der Waals surface area contributed by atoms with Gasteiger partial charge in [0.05, 0.1) is 24.2 Å². The van der Waals surface area contributed by atoms with Gasteiger partial charge in [-0.15, -0.1) is 0 Å². The number of aromatic nitrogens is 2. The SMILES string of the molecule is CCN1CN(C2CCC(CN(C)S(C)(=O)=O)CC2)c2c(cnc3[nH]ccc23)C1=O. The Morgan fingerprint density at radius 3 is 2.66 bits per heavy atom. The zero-order chi connectivity index (χ0) is 20.8. The highest BCUT2D eigenvalue weighted by molar-refractivity contribution is 7.88. The van der Waals surface area contributed by atoms with E-state index in [-0.39, 0.29) is 5.91 Å². The van der Waals surface area contributed by atoms with Crippen molar-refractivity contribution in [2.45, 2.75) is 38.6 Å². The Kier molecular flexibility index (Phi) is 5.29. The van der Waals surface area contributed by atoms with Crippen LogP contribution in [-0.4, -0.2) is 72.6 Å². The molecule has 1 N–H and O–H groups in total. The third-order valence-corrected chi connectivity index (χ3v) is 7.69. The lowest BCUT2D eigenvalue weighted by atomic mass is 9.84. The van der Waals surface area contributed by atoms with Crippen molar-refractivity contribution in [2.24, 2.45) is 5.92 Å². The topological polar surface area (TPSA) is 89.6 Å². The van der Waals surface area contributed by atoms with Crippen LogP contribution in [0.15, 0.2) is 18.5 Å². The molecule has 0 radical (unpaired) electrons. The van der Waals surface area contributed by atoms with Crippen LogP contribution in [-0.2, 0) is 10.0 Å². The second kappa shape index (κ2) is 7.60. The number of fused-ring (bicyclic) bond motifs is 3. The number of carbonyl (C=O) groups excluding carboxylic acids is 1. The predicted molar refractivity (Wildman–Crippen MR) is 113 cm³/mol. The molecular weight excluding hydrogens is 390 g/mol. The third kappa shape index (κ3) is 3.73. The number of nitrogens with zero attached hydrogens (tertiary/aromatic N) is 4. The van der Waals surface area contributed by atoms with Gasteiger partial charge in [0.1, 0.15) is 5.65 Å². The fourth-order valence-electron chi connectivity index (χ4n) is 4.63. The van der Waals surface area contributed by atoms with E-state index in [0.29, 0.717) is 37.3 Å². The molecule has 4 rings (SSSR count). The molecule has 1 amide bonds. The maximum atomic E-state index is 12.9. The molecule has 8 nitrogen and oxygen atoms in total.